The highest BCUT2D eigenvalue weighted by molar-refractivity contribution is 7.26. The third-order valence-corrected chi connectivity index (χ3v) is 21.8. The molecule has 3 heterocycles. The summed E-state index contributed by atoms with van der Waals surface area (Å²) in [5.41, 5.74) is 27.7. The van der Waals surface area contributed by atoms with Gasteiger partial charge in [0.15, 0.2) is 0 Å². The van der Waals surface area contributed by atoms with Gasteiger partial charge >= 0.3 is 0 Å². The monoisotopic (exact) mass is 1140 g/mol. The molecule has 1 aromatic heterocycles. The van der Waals surface area contributed by atoms with Crippen LogP contribution in [0.1, 0.15) is 208 Å². The number of fused-ring (bicyclic) bond motifs is 9. The van der Waals surface area contributed by atoms with Crippen molar-refractivity contribution in [2.45, 2.75) is 208 Å². The SMILES string of the molecule is Cc1cc2c(cc1N1c3cc4c(cc3B3c5ccc(N(c6ccc(C(C)(C)C)cc6)c6ccc(C(C)(C)C)cc6)cc5N(c5ccc(C(C)(C)C)c6sc7ccccc7c56)c5cc(C(C)(C)C)cc1c53)C(C)(C)CC4(C)C)C(C)(C)CCC2(C)C. The van der Waals surface area contributed by atoms with Crippen LogP contribution in [-0.4, -0.2) is 6.71 Å². The lowest BCUT2D eigenvalue weighted by atomic mass is 9.33. The number of nitrogens with zero attached hydrogens (tertiary/aromatic N) is 3. The second-order valence-electron chi connectivity index (χ2n) is 33.0. The van der Waals surface area contributed by atoms with Crippen LogP contribution in [0.5, 0.6) is 0 Å². The van der Waals surface area contributed by atoms with E-state index in [0.29, 0.717) is 0 Å². The van der Waals surface area contributed by atoms with Gasteiger partial charge < -0.3 is 14.7 Å². The van der Waals surface area contributed by atoms with E-state index in [4.69, 9.17) is 0 Å². The lowest BCUT2D eigenvalue weighted by Crippen LogP contribution is -2.61. The average Bonchev–Trinajstić information content (AvgIpc) is 1.52. The molecule has 0 amide bonds. The minimum atomic E-state index is -0.183. The third-order valence-electron chi connectivity index (χ3n) is 20.6. The molecule has 436 valence electrons. The summed E-state index contributed by atoms with van der Waals surface area (Å²) < 4.78 is 2.69. The molecular formula is C80H92BN3S. The predicted octanol–water partition coefficient (Wildman–Crippen LogP) is 21.4. The Bertz CT molecular complexity index is 4150. The molecule has 3 nitrogen and oxygen atoms in total. The van der Waals surface area contributed by atoms with E-state index >= 15 is 0 Å². The highest BCUT2D eigenvalue weighted by Gasteiger charge is 2.50. The summed E-state index contributed by atoms with van der Waals surface area (Å²) in [5, 5.41) is 2.64. The standard InChI is InChI=1S/C80H92BN3S/c1-48-40-57-59(78(16,17)39-38-77(57,14)15)45-64(48)84-66-46-60-58(79(18,19)47-80(60,20)21)44-62(66)81-61-36-34-54(82(52-30-26-49(27-31-52)73(2,3)4)53-32-28-50(29-33-53)74(5,6)7)43-65(61)83(67-41-51(75(8,9)10)42-68(84)71(67)81)63-37-35-56(76(11,12)13)72-70(63)55-24-22-23-25-69(55)85-72/h22-37,40-46H,38-39,47H2,1-21H3. The topological polar surface area (TPSA) is 9.72 Å². The van der Waals surface area contributed by atoms with Crippen LogP contribution in [0.2, 0.25) is 0 Å². The molecular weight excluding hydrogens is 1050 g/mol. The molecule has 0 fully saturated rings. The molecule has 5 heteroatoms. The Labute approximate surface area is 515 Å². The number of rotatable bonds is 5. The number of aryl methyl sites for hydroxylation is 1. The van der Waals surface area contributed by atoms with Gasteiger partial charge in [-0.25, -0.2) is 0 Å². The van der Waals surface area contributed by atoms with Gasteiger partial charge in [0.05, 0.1) is 5.69 Å². The lowest BCUT2D eigenvalue weighted by Gasteiger charge is -2.47. The summed E-state index contributed by atoms with van der Waals surface area (Å²) >= 11 is 1.96. The van der Waals surface area contributed by atoms with Crippen molar-refractivity contribution < 1.29 is 0 Å². The fourth-order valence-electron chi connectivity index (χ4n) is 15.7. The van der Waals surface area contributed by atoms with Gasteiger partial charge in [0.2, 0.25) is 0 Å². The average molecular weight is 1140 g/mol. The molecule has 2 aliphatic carbocycles. The van der Waals surface area contributed by atoms with Crippen LogP contribution in [0.3, 0.4) is 0 Å². The summed E-state index contributed by atoms with van der Waals surface area (Å²) in [4.78, 5) is 8.03. The van der Waals surface area contributed by atoms with Crippen LogP contribution in [-0.2, 0) is 43.3 Å². The molecule has 0 saturated heterocycles. The van der Waals surface area contributed by atoms with Crippen LogP contribution < -0.4 is 31.1 Å². The minimum absolute atomic E-state index is 0.00115. The fraction of sp³-hybridized carbons (Fsp3) is 0.400. The number of hydrogen-bond donors (Lipinski definition) is 0. The molecule has 8 aromatic carbocycles. The van der Waals surface area contributed by atoms with Gasteiger partial charge in [0.1, 0.15) is 0 Å². The first-order valence-electron chi connectivity index (χ1n) is 31.8. The van der Waals surface area contributed by atoms with Crippen LogP contribution in [0.15, 0.2) is 140 Å². The first kappa shape index (κ1) is 57.5. The molecule has 0 spiro atoms. The van der Waals surface area contributed by atoms with Crippen molar-refractivity contribution in [2.24, 2.45) is 0 Å². The molecule has 0 radical (unpaired) electrons. The van der Waals surface area contributed by atoms with Gasteiger partial charge in [0, 0.05) is 65.7 Å². The normalized spacial score (nSPS) is 17.4. The Balaban J connectivity index is 1.18. The second-order valence-corrected chi connectivity index (χ2v) is 34.0. The largest absolute Gasteiger partial charge is 0.311 e. The van der Waals surface area contributed by atoms with E-state index in [2.05, 4.69) is 300 Å². The van der Waals surface area contributed by atoms with E-state index in [-0.39, 0.29) is 50.0 Å². The van der Waals surface area contributed by atoms with E-state index in [9.17, 15) is 0 Å². The highest BCUT2D eigenvalue weighted by Crippen LogP contribution is 2.57. The molecule has 0 saturated carbocycles. The van der Waals surface area contributed by atoms with Crippen molar-refractivity contribution >= 4 is 106 Å². The Morgan fingerprint density at radius 3 is 1.46 bits per heavy atom. The highest BCUT2D eigenvalue weighted by atomic mass is 32.1. The Morgan fingerprint density at radius 1 is 0.424 bits per heavy atom. The van der Waals surface area contributed by atoms with Gasteiger partial charge in [-0.05, 0) is 209 Å². The number of thiophene rings is 1. The van der Waals surface area contributed by atoms with Gasteiger partial charge in [-0.1, -0.05) is 205 Å². The van der Waals surface area contributed by atoms with E-state index in [0.717, 1.165) is 29.9 Å². The number of benzene rings is 8. The van der Waals surface area contributed by atoms with Gasteiger partial charge in [-0.2, -0.15) is 0 Å². The Kier molecular flexibility index (Phi) is 12.7. The molecule has 0 atom stereocenters. The summed E-state index contributed by atoms with van der Waals surface area (Å²) in [6.07, 6.45) is 3.45. The fourth-order valence-corrected chi connectivity index (χ4v) is 17.2. The summed E-state index contributed by atoms with van der Waals surface area (Å²) in [6.45, 7) is 50.5. The van der Waals surface area contributed by atoms with Crippen molar-refractivity contribution in [2.75, 3.05) is 14.7 Å². The molecule has 4 aliphatic rings. The maximum atomic E-state index is 2.77. The molecule has 0 N–H and O–H groups in total. The molecule has 0 bridgehead atoms. The Morgan fingerprint density at radius 2 is 0.906 bits per heavy atom. The number of anilines is 9. The zero-order valence-electron chi connectivity index (χ0n) is 55.2. The van der Waals surface area contributed by atoms with Crippen molar-refractivity contribution in [3.63, 3.8) is 0 Å². The molecule has 2 aliphatic heterocycles. The number of hydrogen-bond acceptors (Lipinski definition) is 4. The van der Waals surface area contributed by atoms with Gasteiger partial charge in [0.25, 0.3) is 6.71 Å². The molecule has 13 rings (SSSR count). The van der Waals surface area contributed by atoms with Crippen LogP contribution >= 0.6 is 11.3 Å². The van der Waals surface area contributed by atoms with Crippen molar-refractivity contribution in [1.82, 2.24) is 0 Å². The van der Waals surface area contributed by atoms with Crippen LogP contribution in [0, 0.1) is 6.92 Å². The van der Waals surface area contributed by atoms with Crippen LogP contribution in [0.25, 0.3) is 20.2 Å². The zero-order valence-corrected chi connectivity index (χ0v) is 56.0. The quantitative estimate of drug-likeness (QED) is 0.159. The third kappa shape index (κ3) is 9.15. The first-order chi connectivity index (χ1) is 39.5. The second kappa shape index (κ2) is 18.7. The molecule has 9 aromatic rings. The van der Waals surface area contributed by atoms with E-state index < -0.39 is 0 Å². The van der Waals surface area contributed by atoms with Crippen LogP contribution in [0.4, 0.5) is 51.2 Å². The lowest BCUT2D eigenvalue weighted by molar-refractivity contribution is 0.332. The maximum Gasteiger partial charge on any atom is 0.252 e. The van der Waals surface area contributed by atoms with Gasteiger partial charge in [-0.15, -0.1) is 11.3 Å². The minimum Gasteiger partial charge on any atom is -0.311 e. The first-order valence-corrected chi connectivity index (χ1v) is 32.6. The van der Waals surface area contributed by atoms with Crippen molar-refractivity contribution in [3.05, 3.63) is 190 Å². The Hall–Kier alpha value is -6.56. The smallest absolute Gasteiger partial charge is 0.252 e. The van der Waals surface area contributed by atoms with E-state index in [1.54, 1.807) is 0 Å². The maximum absolute atomic E-state index is 2.77. The van der Waals surface area contributed by atoms with Crippen molar-refractivity contribution in [3.8, 4) is 0 Å². The molecule has 85 heavy (non-hydrogen) atoms. The van der Waals surface area contributed by atoms with E-state index in [1.165, 1.54) is 127 Å². The van der Waals surface area contributed by atoms with Crippen molar-refractivity contribution in [1.29, 1.82) is 0 Å². The van der Waals surface area contributed by atoms with E-state index in [1.807, 2.05) is 11.3 Å². The zero-order chi connectivity index (χ0) is 60.8. The summed E-state index contributed by atoms with van der Waals surface area (Å²) in [6, 6.07) is 56.3. The summed E-state index contributed by atoms with van der Waals surface area (Å²) in [5.74, 6) is 0. The predicted molar refractivity (Wildman–Crippen MR) is 374 cm³/mol. The summed E-state index contributed by atoms with van der Waals surface area (Å²) in [7, 11) is 0. The molecule has 0 unspecified atom stereocenters. The van der Waals surface area contributed by atoms with Gasteiger partial charge in [-0.3, -0.25) is 0 Å².